The number of hydrogen-bond donors (Lipinski definition) is 2. The van der Waals surface area contributed by atoms with Crippen molar-refractivity contribution in [2.75, 3.05) is 19.6 Å². The fourth-order valence-corrected chi connectivity index (χ4v) is 2.29. The van der Waals surface area contributed by atoms with Crippen LogP contribution in [0.4, 0.5) is 0 Å². The number of nitrogens with zero attached hydrogens (tertiary/aromatic N) is 1. The van der Waals surface area contributed by atoms with E-state index in [1.54, 1.807) is 6.26 Å². The Morgan fingerprint density at radius 3 is 2.84 bits per heavy atom. The van der Waals surface area contributed by atoms with E-state index >= 15 is 0 Å². The summed E-state index contributed by atoms with van der Waals surface area (Å²) in [6.45, 7) is 5.65. The van der Waals surface area contributed by atoms with Gasteiger partial charge in [0.05, 0.1) is 24.5 Å². The Morgan fingerprint density at radius 2 is 2.26 bits per heavy atom. The van der Waals surface area contributed by atoms with Gasteiger partial charge < -0.3 is 14.8 Å². The normalized spacial score (nSPS) is 21.0. The van der Waals surface area contributed by atoms with E-state index < -0.39 is 5.60 Å². The van der Waals surface area contributed by atoms with Gasteiger partial charge in [0.15, 0.2) is 0 Å². The molecule has 1 aliphatic heterocycles. The molecule has 0 spiro atoms. The van der Waals surface area contributed by atoms with Crippen LogP contribution < -0.4 is 5.32 Å². The van der Waals surface area contributed by atoms with Crippen molar-refractivity contribution in [3.8, 4) is 0 Å². The van der Waals surface area contributed by atoms with Crippen LogP contribution in [0, 0.1) is 0 Å². The second-order valence-corrected chi connectivity index (χ2v) is 5.58. The number of rotatable bonds is 4. The lowest BCUT2D eigenvalue weighted by Gasteiger charge is -2.35. The number of amides is 1. The van der Waals surface area contributed by atoms with Gasteiger partial charge in [0.1, 0.15) is 5.76 Å². The number of carbonyl (C=O) groups is 1. The third-order valence-electron chi connectivity index (χ3n) is 3.65. The van der Waals surface area contributed by atoms with E-state index in [1.807, 2.05) is 26.0 Å². The summed E-state index contributed by atoms with van der Waals surface area (Å²) in [5.74, 6) is 0.750. The number of nitrogens with one attached hydrogen (secondary N) is 1. The Hall–Kier alpha value is -1.33. The van der Waals surface area contributed by atoms with Crippen molar-refractivity contribution >= 4 is 5.91 Å². The van der Waals surface area contributed by atoms with Gasteiger partial charge in [-0.1, -0.05) is 0 Å². The van der Waals surface area contributed by atoms with Crippen molar-refractivity contribution in [1.82, 2.24) is 10.2 Å². The number of furan rings is 1. The summed E-state index contributed by atoms with van der Waals surface area (Å²) in [6.07, 6.45) is 3.03. The zero-order chi connectivity index (χ0) is 13.9. The maximum Gasteiger partial charge on any atom is 0.234 e. The highest BCUT2D eigenvalue weighted by molar-refractivity contribution is 5.78. The van der Waals surface area contributed by atoms with E-state index in [-0.39, 0.29) is 11.9 Å². The zero-order valence-corrected chi connectivity index (χ0v) is 11.6. The van der Waals surface area contributed by atoms with Crippen LogP contribution in [0.25, 0.3) is 0 Å². The van der Waals surface area contributed by atoms with Gasteiger partial charge in [-0.2, -0.15) is 0 Å². The highest BCUT2D eigenvalue weighted by Gasteiger charge is 2.28. The Kier molecular flexibility index (Phi) is 4.27. The molecule has 0 aliphatic carbocycles. The van der Waals surface area contributed by atoms with Gasteiger partial charge in [-0.3, -0.25) is 9.69 Å². The third kappa shape index (κ3) is 4.08. The molecule has 1 amide bonds. The molecule has 1 saturated heterocycles. The molecule has 0 bridgehead atoms. The zero-order valence-electron chi connectivity index (χ0n) is 11.6. The summed E-state index contributed by atoms with van der Waals surface area (Å²) in [7, 11) is 0. The van der Waals surface area contributed by atoms with E-state index in [0.717, 1.165) is 18.8 Å². The molecule has 1 aromatic rings. The highest BCUT2D eigenvalue weighted by Crippen LogP contribution is 2.20. The molecule has 5 nitrogen and oxygen atoms in total. The van der Waals surface area contributed by atoms with Crippen LogP contribution in [0.15, 0.2) is 22.8 Å². The van der Waals surface area contributed by atoms with Gasteiger partial charge in [0.2, 0.25) is 5.91 Å². The fraction of sp³-hybridized carbons (Fsp3) is 0.643. The molecular weight excluding hydrogens is 244 g/mol. The minimum atomic E-state index is -0.575. The first-order chi connectivity index (χ1) is 8.96. The lowest BCUT2D eigenvalue weighted by molar-refractivity contribution is -0.124. The predicted molar refractivity (Wildman–Crippen MR) is 71.6 cm³/mol. The maximum atomic E-state index is 11.9. The van der Waals surface area contributed by atoms with Gasteiger partial charge in [-0.25, -0.2) is 0 Å². The van der Waals surface area contributed by atoms with Crippen LogP contribution >= 0.6 is 0 Å². The summed E-state index contributed by atoms with van der Waals surface area (Å²) in [5.41, 5.74) is -0.575. The Bertz CT molecular complexity index is 404. The monoisotopic (exact) mass is 266 g/mol. The smallest absolute Gasteiger partial charge is 0.234 e. The summed E-state index contributed by atoms with van der Waals surface area (Å²) in [5, 5.41) is 12.8. The average molecular weight is 266 g/mol. The van der Waals surface area contributed by atoms with Crippen molar-refractivity contribution in [1.29, 1.82) is 0 Å². The van der Waals surface area contributed by atoms with Crippen LogP contribution in [-0.4, -0.2) is 41.1 Å². The number of piperidine rings is 1. The first kappa shape index (κ1) is 14.1. The predicted octanol–water partition coefficient (Wildman–Crippen LogP) is 1.30. The van der Waals surface area contributed by atoms with Crippen LogP contribution in [0.3, 0.4) is 0 Å². The summed E-state index contributed by atoms with van der Waals surface area (Å²) < 4.78 is 5.25. The van der Waals surface area contributed by atoms with E-state index in [9.17, 15) is 9.90 Å². The molecule has 1 aromatic heterocycles. The van der Waals surface area contributed by atoms with Gasteiger partial charge >= 0.3 is 0 Å². The van der Waals surface area contributed by atoms with Crippen molar-refractivity contribution in [3.63, 3.8) is 0 Å². The molecule has 19 heavy (non-hydrogen) atoms. The summed E-state index contributed by atoms with van der Waals surface area (Å²) in [4.78, 5) is 14.0. The number of carbonyl (C=O) groups excluding carboxylic acids is 1. The molecule has 1 unspecified atom stereocenters. The lowest BCUT2D eigenvalue weighted by atomic mass is 9.94. The Balaban J connectivity index is 1.76. The van der Waals surface area contributed by atoms with E-state index in [0.29, 0.717) is 19.4 Å². The largest absolute Gasteiger partial charge is 0.467 e. The minimum absolute atomic E-state index is 0.00885. The van der Waals surface area contributed by atoms with Crippen molar-refractivity contribution in [3.05, 3.63) is 24.2 Å². The number of hydrogen-bond acceptors (Lipinski definition) is 4. The maximum absolute atomic E-state index is 11.9. The highest BCUT2D eigenvalue weighted by atomic mass is 16.3. The third-order valence-corrected chi connectivity index (χ3v) is 3.65. The second kappa shape index (κ2) is 5.75. The molecule has 2 rings (SSSR count). The topological polar surface area (TPSA) is 65.7 Å². The van der Waals surface area contributed by atoms with Crippen molar-refractivity contribution in [2.24, 2.45) is 0 Å². The van der Waals surface area contributed by atoms with Crippen molar-refractivity contribution in [2.45, 2.75) is 38.3 Å². The number of likely N-dealkylation sites (tertiary alicyclic amines) is 1. The van der Waals surface area contributed by atoms with E-state index in [1.165, 1.54) is 0 Å². The van der Waals surface area contributed by atoms with Gasteiger partial charge in [-0.05, 0) is 38.8 Å². The first-order valence-corrected chi connectivity index (χ1v) is 6.74. The van der Waals surface area contributed by atoms with E-state index in [2.05, 4.69) is 10.2 Å². The lowest BCUT2D eigenvalue weighted by Crippen LogP contribution is -2.46. The SMILES string of the molecule is CC(NC(=O)CN1CCC(C)(O)CC1)c1ccco1. The summed E-state index contributed by atoms with van der Waals surface area (Å²) >= 11 is 0. The summed E-state index contributed by atoms with van der Waals surface area (Å²) in [6, 6.07) is 3.55. The molecule has 5 heteroatoms. The average Bonchev–Trinajstić information content (AvgIpc) is 2.85. The standard InChI is InChI=1S/C14H22N2O3/c1-11(12-4-3-9-19-12)15-13(17)10-16-7-5-14(2,18)6-8-16/h3-4,9,11,18H,5-8,10H2,1-2H3,(H,15,17). The molecule has 106 valence electrons. The van der Waals surface area contributed by atoms with E-state index in [4.69, 9.17) is 4.42 Å². The Morgan fingerprint density at radius 1 is 1.58 bits per heavy atom. The molecule has 1 atom stereocenters. The van der Waals surface area contributed by atoms with Crippen molar-refractivity contribution < 1.29 is 14.3 Å². The molecule has 0 radical (unpaired) electrons. The van der Waals surface area contributed by atoms with Gasteiger partial charge in [-0.15, -0.1) is 0 Å². The molecule has 2 N–H and O–H groups in total. The van der Waals surface area contributed by atoms with Crippen LogP contribution in [0.2, 0.25) is 0 Å². The van der Waals surface area contributed by atoms with Gasteiger partial charge in [0, 0.05) is 13.1 Å². The second-order valence-electron chi connectivity index (χ2n) is 5.58. The number of aliphatic hydroxyl groups is 1. The Labute approximate surface area is 113 Å². The van der Waals surface area contributed by atoms with Crippen LogP contribution in [0.5, 0.6) is 0 Å². The molecular formula is C14H22N2O3. The molecule has 1 aliphatic rings. The van der Waals surface area contributed by atoms with Gasteiger partial charge in [0.25, 0.3) is 0 Å². The molecule has 0 saturated carbocycles. The van der Waals surface area contributed by atoms with Crippen LogP contribution in [-0.2, 0) is 4.79 Å². The molecule has 2 heterocycles. The minimum Gasteiger partial charge on any atom is -0.467 e. The molecule has 1 fully saturated rings. The fourth-order valence-electron chi connectivity index (χ4n) is 2.29. The quantitative estimate of drug-likeness (QED) is 0.862. The van der Waals surface area contributed by atoms with Crippen LogP contribution in [0.1, 0.15) is 38.5 Å². The first-order valence-electron chi connectivity index (χ1n) is 6.74. The molecule has 0 aromatic carbocycles.